The van der Waals surface area contributed by atoms with E-state index in [2.05, 4.69) is 28.5 Å². The van der Waals surface area contributed by atoms with Gasteiger partial charge in [0.15, 0.2) is 15.8 Å². The lowest BCUT2D eigenvalue weighted by molar-refractivity contribution is -0.113. The first-order chi connectivity index (χ1) is 14.4. The number of halogens is 2. The topological polar surface area (TPSA) is 48.0 Å². The molecule has 1 amide bonds. The van der Waals surface area contributed by atoms with Gasteiger partial charge in [0.25, 0.3) is 5.91 Å². The van der Waals surface area contributed by atoms with Crippen LogP contribution in [-0.2, 0) is 4.79 Å². The zero-order valence-corrected chi connectivity index (χ0v) is 20.4. The van der Waals surface area contributed by atoms with E-state index in [1.54, 1.807) is 37.5 Å². The molecule has 2 aromatic rings. The number of hydrogen-bond donors (Lipinski definition) is 0. The second-order valence-electron chi connectivity index (χ2n) is 5.86. The smallest absolute Gasteiger partial charge is 0.270 e. The van der Waals surface area contributed by atoms with E-state index in [0.717, 1.165) is 9.13 Å². The van der Waals surface area contributed by atoms with Gasteiger partial charge in [-0.3, -0.25) is 9.69 Å². The molecule has 0 aliphatic carbocycles. The molecule has 1 aliphatic rings. The second kappa shape index (κ2) is 9.92. The van der Waals surface area contributed by atoms with Gasteiger partial charge in [0, 0.05) is 0 Å². The number of ether oxygens (including phenoxy) is 3. The molecule has 0 N–H and O–H groups in total. The molecule has 1 aliphatic heterocycles. The summed E-state index contributed by atoms with van der Waals surface area (Å²) in [6.45, 7) is 0.134. The Kier molecular flexibility index (Phi) is 7.52. The van der Waals surface area contributed by atoms with E-state index in [1.165, 1.54) is 23.8 Å². The predicted molar refractivity (Wildman–Crippen MR) is 134 cm³/mol. The number of amides is 1. The highest BCUT2D eigenvalue weighted by atomic mass is 127. The van der Waals surface area contributed by atoms with Crippen LogP contribution in [0.4, 0.5) is 5.69 Å². The first-order valence-corrected chi connectivity index (χ1v) is 11.1. The number of methoxy groups -OCH3 is 2. The Balaban J connectivity index is 1.93. The summed E-state index contributed by atoms with van der Waals surface area (Å²) in [7, 11) is 3.08. The number of hydrogen-bond acceptors (Lipinski definition) is 6. The van der Waals surface area contributed by atoms with Gasteiger partial charge in [0.2, 0.25) is 0 Å². The van der Waals surface area contributed by atoms with Crippen molar-refractivity contribution in [3.05, 3.63) is 49.4 Å². The summed E-state index contributed by atoms with van der Waals surface area (Å²) >= 11 is 15.0. The number of terminal acetylenes is 1. The molecule has 30 heavy (non-hydrogen) atoms. The van der Waals surface area contributed by atoms with Gasteiger partial charge in [-0.2, -0.15) is 0 Å². The largest absolute Gasteiger partial charge is 0.495 e. The van der Waals surface area contributed by atoms with Crippen LogP contribution in [0.15, 0.2) is 35.2 Å². The minimum Gasteiger partial charge on any atom is -0.495 e. The Morgan fingerprint density at radius 3 is 2.63 bits per heavy atom. The lowest BCUT2D eigenvalue weighted by Gasteiger charge is -2.15. The summed E-state index contributed by atoms with van der Waals surface area (Å²) in [5, 5.41) is 0.398. The molecule has 1 saturated heterocycles. The van der Waals surface area contributed by atoms with Crippen LogP contribution in [-0.4, -0.2) is 31.1 Å². The lowest BCUT2D eigenvalue weighted by Crippen LogP contribution is -2.27. The maximum atomic E-state index is 13.0. The van der Waals surface area contributed by atoms with Crippen LogP contribution in [0.5, 0.6) is 17.2 Å². The third-order valence-electron chi connectivity index (χ3n) is 4.04. The number of thiocarbonyl (C=S) groups is 1. The molecular weight excluding hydrogens is 557 g/mol. The van der Waals surface area contributed by atoms with Gasteiger partial charge < -0.3 is 14.2 Å². The molecule has 1 fully saturated rings. The van der Waals surface area contributed by atoms with Crippen LogP contribution in [0.3, 0.4) is 0 Å². The van der Waals surface area contributed by atoms with Crippen molar-refractivity contribution in [2.24, 2.45) is 0 Å². The fourth-order valence-electron chi connectivity index (χ4n) is 2.71. The van der Waals surface area contributed by atoms with Crippen molar-refractivity contribution in [2.45, 2.75) is 0 Å². The number of rotatable bonds is 6. The van der Waals surface area contributed by atoms with Crippen LogP contribution >= 0.6 is 58.2 Å². The summed E-state index contributed by atoms with van der Waals surface area (Å²) in [6, 6.07) is 8.75. The van der Waals surface area contributed by atoms with Crippen molar-refractivity contribution < 1.29 is 19.0 Å². The van der Waals surface area contributed by atoms with Gasteiger partial charge in [-0.25, -0.2) is 0 Å². The predicted octanol–water partition coefficient (Wildman–Crippen LogP) is 5.38. The van der Waals surface area contributed by atoms with E-state index in [9.17, 15) is 4.79 Å². The molecule has 154 valence electrons. The maximum Gasteiger partial charge on any atom is 0.270 e. The van der Waals surface area contributed by atoms with Gasteiger partial charge in [-0.15, -0.1) is 6.42 Å². The van der Waals surface area contributed by atoms with Gasteiger partial charge in [-0.1, -0.05) is 41.5 Å². The SMILES string of the molecule is C#CCOc1c(I)cc(/C=C2/SC(=S)N(c3ccc(OC)c(Cl)c3)C2=O)cc1OC. The van der Waals surface area contributed by atoms with Crippen LogP contribution < -0.4 is 19.1 Å². The molecule has 0 spiro atoms. The van der Waals surface area contributed by atoms with Crippen LogP contribution in [0.25, 0.3) is 6.08 Å². The fraction of sp³-hybridized carbons (Fsp3) is 0.143. The minimum absolute atomic E-state index is 0.134. The summed E-state index contributed by atoms with van der Waals surface area (Å²) in [4.78, 5) is 15.0. The van der Waals surface area contributed by atoms with Crippen molar-refractivity contribution >= 4 is 80.2 Å². The summed E-state index contributed by atoms with van der Waals surface area (Å²) in [6.07, 6.45) is 7.04. The summed E-state index contributed by atoms with van der Waals surface area (Å²) in [5.41, 5.74) is 1.36. The first-order valence-electron chi connectivity index (χ1n) is 8.45. The third-order valence-corrected chi connectivity index (χ3v) is 6.44. The molecule has 0 aromatic heterocycles. The number of thioether (sulfide) groups is 1. The van der Waals surface area contributed by atoms with Gasteiger partial charge in [-0.05, 0) is 64.6 Å². The van der Waals surface area contributed by atoms with Crippen molar-refractivity contribution in [2.75, 3.05) is 25.7 Å². The van der Waals surface area contributed by atoms with Gasteiger partial charge in [0.05, 0.1) is 33.4 Å². The van der Waals surface area contributed by atoms with Crippen LogP contribution in [0, 0.1) is 15.9 Å². The highest BCUT2D eigenvalue weighted by Crippen LogP contribution is 2.40. The highest BCUT2D eigenvalue weighted by molar-refractivity contribution is 14.1. The monoisotopic (exact) mass is 571 g/mol. The number of carbonyl (C=O) groups is 1. The molecule has 3 rings (SSSR count). The van der Waals surface area contributed by atoms with E-state index in [0.29, 0.717) is 37.2 Å². The van der Waals surface area contributed by atoms with Gasteiger partial charge >= 0.3 is 0 Å². The van der Waals surface area contributed by atoms with E-state index in [4.69, 9.17) is 44.5 Å². The molecule has 0 atom stereocenters. The summed E-state index contributed by atoms with van der Waals surface area (Å²) in [5.74, 6) is 3.82. The maximum absolute atomic E-state index is 13.0. The Morgan fingerprint density at radius 1 is 1.27 bits per heavy atom. The molecule has 2 aromatic carbocycles. The first kappa shape index (κ1) is 22.7. The van der Waals surface area contributed by atoms with Crippen LogP contribution in [0.1, 0.15) is 5.56 Å². The van der Waals surface area contributed by atoms with E-state index in [-0.39, 0.29) is 12.5 Å². The quantitative estimate of drug-likeness (QED) is 0.201. The van der Waals surface area contributed by atoms with E-state index >= 15 is 0 Å². The molecule has 0 saturated carbocycles. The average molecular weight is 572 g/mol. The molecule has 0 bridgehead atoms. The second-order valence-corrected chi connectivity index (χ2v) is 9.11. The summed E-state index contributed by atoms with van der Waals surface area (Å²) < 4.78 is 17.4. The van der Waals surface area contributed by atoms with Crippen molar-refractivity contribution in [1.82, 2.24) is 0 Å². The Labute approximate surface area is 202 Å². The molecule has 0 unspecified atom stereocenters. The van der Waals surface area contributed by atoms with Gasteiger partial charge in [0.1, 0.15) is 12.4 Å². The number of benzene rings is 2. The lowest BCUT2D eigenvalue weighted by atomic mass is 10.1. The van der Waals surface area contributed by atoms with Crippen molar-refractivity contribution in [1.29, 1.82) is 0 Å². The normalized spacial score (nSPS) is 14.8. The van der Waals surface area contributed by atoms with Crippen LogP contribution in [0.2, 0.25) is 5.02 Å². The Bertz CT molecular complexity index is 1100. The fourth-order valence-corrected chi connectivity index (χ4v) is 5.05. The zero-order chi connectivity index (χ0) is 21.8. The molecule has 0 radical (unpaired) electrons. The third kappa shape index (κ3) is 4.70. The molecule has 9 heteroatoms. The van der Waals surface area contributed by atoms with Crippen molar-refractivity contribution in [3.63, 3.8) is 0 Å². The highest BCUT2D eigenvalue weighted by Gasteiger charge is 2.33. The molecule has 5 nitrogen and oxygen atoms in total. The number of nitrogens with zero attached hydrogens (tertiary/aromatic N) is 1. The molecule has 1 heterocycles. The zero-order valence-electron chi connectivity index (χ0n) is 15.9. The average Bonchev–Trinajstić information content (AvgIpc) is 2.99. The number of carbonyl (C=O) groups excluding carboxylic acids is 1. The standard InChI is InChI=1S/C21H15ClINO4S2/c1-4-7-28-19-15(23)8-12(9-17(19)27-3)10-18-20(25)24(21(29)30-18)13-5-6-16(26-2)14(22)11-13/h1,5-6,8-11H,7H2,2-3H3/b18-10+. The molecular formula is C21H15ClINO4S2. The van der Waals surface area contributed by atoms with E-state index < -0.39 is 0 Å². The number of anilines is 1. The van der Waals surface area contributed by atoms with Crippen molar-refractivity contribution in [3.8, 4) is 29.6 Å². The Hall–Kier alpha value is -1.93. The van der Waals surface area contributed by atoms with E-state index in [1.807, 2.05) is 6.07 Å². The minimum atomic E-state index is -0.229. The Morgan fingerprint density at radius 2 is 2.00 bits per heavy atom.